The number of halogens is 1. The molecule has 0 fully saturated rings. The SMILES string of the molecule is COc1ccccc1C(=O)[C@@H](Cc1ccccc1)CN(C)C.Cl. The van der Waals surface area contributed by atoms with Crippen LogP contribution in [-0.4, -0.2) is 38.4 Å². The zero-order valence-electron chi connectivity index (χ0n) is 13.9. The van der Waals surface area contributed by atoms with E-state index in [1.54, 1.807) is 7.11 Å². The number of carbonyl (C=O) groups is 1. The second-order valence-electron chi connectivity index (χ2n) is 5.71. The van der Waals surface area contributed by atoms with Crippen molar-refractivity contribution in [3.63, 3.8) is 0 Å². The van der Waals surface area contributed by atoms with Gasteiger partial charge in [-0.2, -0.15) is 0 Å². The minimum absolute atomic E-state index is 0. The van der Waals surface area contributed by atoms with Crippen LogP contribution in [0.1, 0.15) is 15.9 Å². The van der Waals surface area contributed by atoms with Crippen molar-refractivity contribution in [3.8, 4) is 5.75 Å². The number of benzene rings is 2. The molecule has 0 N–H and O–H groups in total. The summed E-state index contributed by atoms with van der Waals surface area (Å²) in [4.78, 5) is 15.0. The number of carbonyl (C=O) groups excluding carboxylic acids is 1. The quantitative estimate of drug-likeness (QED) is 0.723. The fraction of sp³-hybridized carbons (Fsp3) is 0.316. The molecule has 0 spiro atoms. The average Bonchev–Trinajstić information content (AvgIpc) is 2.54. The van der Waals surface area contributed by atoms with E-state index in [0.717, 1.165) is 6.42 Å². The van der Waals surface area contributed by atoms with Crippen LogP contribution in [0.4, 0.5) is 0 Å². The van der Waals surface area contributed by atoms with Gasteiger partial charge in [-0.25, -0.2) is 0 Å². The second kappa shape index (κ2) is 9.33. The Morgan fingerprint density at radius 2 is 1.65 bits per heavy atom. The van der Waals surface area contributed by atoms with Crippen LogP contribution in [0.2, 0.25) is 0 Å². The Morgan fingerprint density at radius 3 is 2.26 bits per heavy atom. The Kier molecular flexibility index (Phi) is 7.79. The molecular formula is C19H24ClNO2. The number of methoxy groups -OCH3 is 1. The highest BCUT2D eigenvalue weighted by Gasteiger charge is 2.23. The third-order valence-corrected chi connectivity index (χ3v) is 3.65. The Hall–Kier alpha value is -1.84. The maximum absolute atomic E-state index is 13.0. The third-order valence-electron chi connectivity index (χ3n) is 3.65. The van der Waals surface area contributed by atoms with Gasteiger partial charge in [0, 0.05) is 12.5 Å². The lowest BCUT2D eigenvalue weighted by Crippen LogP contribution is -2.30. The van der Waals surface area contributed by atoms with Crippen LogP contribution in [0.3, 0.4) is 0 Å². The van der Waals surface area contributed by atoms with Gasteiger partial charge < -0.3 is 9.64 Å². The number of hydrogen-bond donors (Lipinski definition) is 0. The van der Waals surface area contributed by atoms with Gasteiger partial charge in [-0.05, 0) is 38.2 Å². The van der Waals surface area contributed by atoms with Crippen LogP contribution in [0.5, 0.6) is 5.75 Å². The first kappa shape index (κ1) is 19.2. The highest BCUT2D eigenvalue weighted by molar-refractivity contribution is 6.00. The van der Waals surface area contributed by atoms with Crippen molar-refractivity contribution in [1.82, 2.24) is 4.90 Å². The average molecular weight is 334 g/mol. The molecule has 0 saturated heterocycles. The van der Waals surface area contributed by atoms with Crippen molar-refractivity contribution in [2.75, 3.05) is 27.7 Å². The van der Waals surface area contributed by atoms with Crippen LogP contribution in [0.15, 0.2) is 54.6 Å². The number of Topliss-reactive ketones (excluding diaryl/α,β-unsaturated/α-hetero) is 1. The molecule has 1 atom stereocenters. The normalized spacial score (nSPS) is 11.7. The van der Waals surface area contributed by atoms with Crippen LogP contribution in [-0.2, 0) is 6.42 Å². The lowest BCUT2D eigenvalue weighted by atomic mass is 9.90. The summed E-state index contributed by atoms with van der Waals surface area (Å²) in [7, 11) is 5.59. The number of ether oxygens (including phenoxy) is 1. The molecule has 2 aromatic rings. The van der Waals surface area contributed by atoms with E-state index in [2.05, 4.69) is 17.0 Å². The maximum atomic E-state index is 13.0. The molecule has 0 aliphatic carbocycles. The van der Waals surface area contributed by atoms with Gasteiger partial charge in [0.2, 0.25) is 0 Å². The molecular weight excluding hydrogens is 310 g/mol. The van der Waals surface area contributed by atoms with Crippen molar-refractivity contribution in [2.24, 2.45) is 5.92 Å². The predicted octanol–water partition coefficient (Wildman–Crippen LogP) is 3.72. The van der Waals surface area contributed by atoms with E-state index in [-0.39, 0.29) is 24.1 Å². The molecule has 0 unspecified atom stereocenters. The molecule has 0 aliphatic heterocycles. The molecule has 0 saturated carbocycles. The standard InChI is InChI=1S/C19H23NO2.ClH/c1-20(2)14-16(13-15-9-5-4-6-10-15)19(21)17-11-7-8-12-18(17)22-3;/h4-12,16H,13-14H2,1-3H3;1H/t16-;/m0./s1. The van der Waals surface area contributed by atoms with Gasteiger partial charge in [-0.15, -0.1) is 12.4 Å². The van der Waals surface area contributed by atoms with Crippen molar-refractivity contribution >= 4 is 18.2 Å². The first-order chi connectivity index (χ1) is 10.6. The summed E-state index contributed by atoms with van der Waals surface area (Å²) in [6.45, 7) is 0.714. The van der Waals surface area contributed by atoms with E-state index < -0.39 is 0 Å². The number of para-hydroxylation sites is 1. The third kappa shape index (κ3) is 5.38. The summed E-state index contributed by atoms with van der Waals surface area (Å²) in [5.74, 6) is 0.688. The molecule has 0 heterocycles. The topological polar surface area (TPSA) is 29.5 Å². The van der Waals surface area contributed by atoms with Crippen molar-refractivity contribution < 1.29 is 9.53 Å². The van der Waals surface area contributed by atoms with Gasteiger partial charge in [0.1, 0.15) is 5.75 Å². The first-order valence-corrected chi connectivity index (χ1v) is 7.47. The second-order valence-corrected chi connectivity index (χ2v) is 5.71. The molecule has 0 aliphatic rings. The van der Waals surface area contributed by atoms with E-state index in [9.17, 15) is 4.79 Å². The Labute approximate surface area is 144 Å². The number of ketones is 1. The van der Waals surface area contributed by atoms with E-state index in [4.69, 9.17) is 4.74 Å². The van der Waals surface area contributed by atoms with Crippen LogP contribution < -0.4 is 4.74 Å². The van der Waals surface area contributed by atoms with Gasteiger partial charge in [0.05, 0.1) is 12.7 Å². The van der Waals surface area contributed by atoms with Crippen LogP contribution >= 0.6 is 12.4 Å². The first-order valence-electron chi connectivity index (χ1n) is 7.47. The molecule has 23 heavy (non-hydrogen) atoms. The fourth-order valence-corrected chi connectivity index (χ4v) is 2.65. The number of rotatable bonds is 7. The smallest absolute Gasteiger partial charge is 0.171 e. The molecule has 4 heteroatoms. The number of nitrogens with zero attached hydrogens (tertiary/aromatic N) is 1. The molecule has 0 amide bonds. The van der Waals surface area contributed by atoms with E-state index in [0.29, 0.717) is 17.9 Å². The minimum atomic E-state index is -0.0892. The Morgan fingerprint density at radius 1 is 1.04 bits per heavy atom. The molecule has 0 radical (unpaired) electrons. The Balaban J connectivity index is 0.00000264. The lowest BCUT2D eigenvalue weighted by Gasteiger charge is -2.21. The lowest BCUT2D eigenvalue weighted by molar-refractivity contribution is 0.0893. The van der Waals surface area contributed by atoms with Gasteiger partial charge in [0.25, 0.3) is 0 Å². The summed E-state index contributed by atoms with van der Waals surface area (Å²) >= 11 is 0. The largest absolute Gasteiger partial charge is 0.496 e. The van der Waals surface area contributed by atoms with Crippen molar-refractivity contribution in [1.29, 1.82) is 0 Å². The highest BCUT2D eigenvalue weighted by atomic mass is 35.5. The monoisotopic (exact) mass is 333 g/mol. The van der Waals surface area contributed by atoms with E-state index in [1.807, 2.05) is 56.6 Å². The number of hydrogen-bond acceptors (Lipinski definition) is 3. The van der Waals surface area contributed by atoms with Gasteiger partial charge >= 0.3 is 0 Å². The summed E-state index contributed by atoms with van der Waals surface area (Å²) in [5.41, 5.74) is 1.84. The van der Waals surface area contributed by atoms with Crippen LogP contribution in [0.25, 0.3) is 0 Å². The van der Waals surface area contributed by atoms with Gasteiger partial charge in [-0.1, -0.05) is 42.5 Å². The van der Waals surface area contributed by atoms with Crippen molar-refractivity contribution in [3.05, 3.63) is 65.7 Å². The maximum Gasteiger partial charge on any atom is 0.171 e. The van der Waals surface area contributed by atoms with E-state index in [1.165, 1.54) is 5.56 Å². The summed E-state index contributed by atoms with van der Waals surface area (Å²) in [6, 6.07) is 17.6. The zero-order chi connectivity index (χ0) is 15.9. The zero-order valence-corrected chi connectivity index (χ0v) is 14.7. The molecule has 124 valence electrons. The summed E-state index contributed by atoms with van der Waals surface area (Å²) in [5, 5.41) is 0. The summed E-state index contributed by atoms with van der Waals surface area (Å²) < 4.78 is 5.34. The summed E-state index contributed by atoms with van der Waals surface area (Å²) in [6.07, 6.45) is 0.732. The Bertz CT molecular complexity index is 614. The van der Waals surface area contributed by atoms with E-state index >= 15 is 0 Å². The molecule has 0 bridgehead atoms. The minimum Gasteiger partial charge on any atom is -0.496 e. The molecule has 0 aromatic heterocycles. The predicted molar refractivity (Wildman–Crippen MR) is 96.8 cm³/mol. The molecule has 2 rings (SSSR count). The van der Waals surface area contributed by atoms with Crippen molar-refractivity contribution in [2.45, 2.75) is 6.42 Å². The fourth-order valence-electron chi connectivity index (χ4n) is 2.65. The highest BCUT2D eigenvalue weighted by Crippen LogP contribution is 2.23. The molecule has 3 nitrogen and oxygen atoms in total. The van der Waals surface area contributed by atoms with Gasteiger partial charge in [-0.3, -0.25) is 4.79 Å². The molecule has 2 aromatic carbocycles. The van der Waals surface area contributed by atoms with Crippen LogP contribution in [0, 0.1) is 5.92 Å². The van der Waals surface area contributed by atoms with Gasteiger partial charge in [0.15, 0.2) is 5.78 Å².